The average Bonchev–Trinajstić information content (AvgIpc) is 3.38. The molecule has 1 atom stereocenters. The molecule has 1 aliphatic carbocycles. The molecule has 12 heteroatoms. The summed E-state index contributed by atoms with van der Waals surface area (Å²) in [7, 11) is -4.23. The van der Waals surface area contributed by atoms with Gasteiger partial charge in [0.05, 0.1) is 12.2 Å². The van der Waals surface area contributed by atoms with Crippen LogP contribution < -0.4 is 5.32 Å². The topological polar surface area (TPSA) is 128 Å². The Labute approximate surface area is 205 Å². The second-order valence-electron chi connectivity index (χ2n) is 7.97. The van der Waals surface area contributed by atoms with Gasteiger partial charge in [-0.05, 0) is 55.9 Å². The van der Waals surface area contributed by atoms with Gasteiger partial charge >= 0.3 is 11.2 Å². The number of benzene rings is 1. The fourth-order valence-electron chi connectivity index (χ4n) is 3.73. The number of fused-ring (bicyclic) bond motifs is 1. The van der Waals surface area contributed by atoms with E-state index in [9.17, 15) is 18.0 Å². The second-order valence-corrected chi connectivity index (χ2v) is 11.4. The van der Waals surface area contributed by atoms with Crippen LogP contribution in [-0.2, 0) is 32.2 Å². The van der Waals surface area contributed by atoms with E-state index in [1.54, 1.807) is 31.2 Å². The first kappa shape index (κ1) is 24.4. The second kappa shape index (κ2) is 9.85. The highest BCUT2D eigenvalue weighted by atomic mass is 35.5. The molecule has 1 aliphatic rings. The van der Waals surface area contributed by atoms with Gasteiger partial charge in [-0.3, -0.25) is 4.79 Å². The standard InChI is InChI=1S/C22H22ClN3O6S2/c1-3-31-21(28)18-15-8-7-12(2)9-16(15)33-20(18)24-17(27)11-34(29,30)22-26-25-19(32-22)13-5-4-6-14(23)10-13/h4-6,10,12H,3,7-9,11H2,1-2H3,(H,24,27). The molecular weight excluding hydrogens is 502 g/mol. The molecule has 0 aliphatic heterocycles. The van der Waals surface area contributed by atoms with Gasteiger partial charge in [0.1, 0.15) is 10.8 Å². The summed E-state index contributed by atoms with van der Waals surface area (Å²) < 4.78 is 35.9. The Balaban J connectivity index is 1.54. The van der Waals surface area contributed by atoms with E-state index in [1.165, 1.54) is 11.3 Å². The lowest BCUT2D eigenvalue weighted by Crippen LogP contribution is -2.24. The molecule has 2 aromatic heterocycles. The Morgan fingerprint density at radius 3 is 2.85 bits per heavy atom. The summed E-state index contributed by atoms with van der Waals surface area (Å²) >= 11 is 7.23. The van der Waals surface area contributed by atoms with E-state index in [1.807, 2.05) is 0 Å². The quantitative estimate of drug-likeness (QED) is 0.457. The number of amides is 1. The van der Waals surface area contributed by atoms with Crippen molar-refractivity contribution < 1.29 is 27.2 Å². The van der Waals surface area contributed by atoms with Crippen molar-refractivity contribution in [1.29, 1.82) is 0 Å². The first-order valence-electron chi connectivity index (χ1n) is 10.6. The molecule has 180 valence electrons. The molecule has 0 saturated heterocycles. The number of carbonyl (C=O) groups is 2. The van der Waals surface area contributed by atoms with E-state index < -0.39 is 32.7 Å². The summed E-state index contributed by atoms with van der Waals surface area (Å²) in [6, 6.07) is 6.50. The minimum Gasteiger partial charge on any atom is -0.462 e. The van der Waals surface area contributed by atoms with Crippen molar-refractivity contribution in [2.24, 2.45) is 5.92 Å². The molecule has 1 unspecified atom stereocenters. The zero-order chi connectivity index (χ0) is 24.5. The molecule has 4 rings (SSSR count). The van der Waals surface area contributed by atoms with E-state index in [0.29, 0.717) is 33.5 Å². The number of hydrogen-bond acceptors (Lipinski definition) is 9. The molecule has 1 amide bonds. The number of carbonyl (C=O) groups excluding carboxylic acids is 2. The van der Waals surface area contributed by atoms with Crippen molar-refractivity contribution in [3.05, 3.63) is 45.3 Å². The Morgan fingerprint density at radius 2 is 2.12 bits per heavy atom. The highest BCUT2D eigenvalue weighted by molar-refractivity contribution is 7.91. The van der Waals surface area contributed by atoms with Crippen LogP contribution in [0.1, 0.15) is 41.1 Å². The number of aromatic nitrogens is 2. The number of nitrogens with zero attached hydrogens (tertiary/aromatic N) is 2. The molecule has 0 bridgehead atoms. The fourth-order valence-corrected chi connectivity index (χ4v) is 6.25. The predicted molar refractivity (Wildman–Crippen MR) is 127 cm³/mol. The van der Waals surface area contributed by atoms with Gasteiger partial charge in [0.2, 0.25) is 21.6 Å². The number of halogens is 1. The van der Waals surface area contributed by atoms with Crippen molar-refractivity contribution in [1.82, 2.24) is 10.2 Å². The maximum Gasteiger partial charge on any atom is 0.341 e. The summed E-state index contributed by atoms with van der Waals surface area (Å²) in [5, 5.41) is 9.96. The number of ether oxygens (including phenoxy) is 1. The van der Waals surface area contributed by atoms with Crippen LogP contribution in [-0.4, -0.2) is 42.9 Å². The number of hydrogen-bond donors (Lipinski definition) is 1. The highest BCUT2D eigenvalue weighted by Gasteiger charge is 2.31. The molecule has 0 fully saturated rings. The maximum atomic E-state index is 12.7. The smallest absolute Gasteiger partial charge is 0.341 e. The molecule has 34 heavy (non-hydrogen) atoms. The number of sulfone groups is 1. The number of thiophene rings is 1. The van der Waals surface area contributed by atoms with E-state index in [2.05, 4.69) is 22.4 Å². The number of nitrogens with one attached hydrogen (secondary N) is 1. The van der Waals surface area contributed by atoms with Crippen LogP contribution in [0.4, 0.5) is 5.00 Å². The van der Waals surface area contributed by atoms with Gasteiger partial charge in [0, 0.05) is 15.5 Å². The van der Waals surface area contributed by atoms with E-state index in [-0.39, 0.29) is 12.5 Å². The zero-order valence-electron chi connectivity index (χ0n) is 18.5. The first-order chi connectivity index (χ1) is 16.2. The normalized spacial score (nSPS) is 15.6. The zero-order valence-corrected chi connectivity index (χ0v) is 20.8. The van der Waals surface area contributed by atoms with Crippen LogP contribution in [0.3, 0.4) is 0 Å². The van der Waals surface area contributed by atoms with Crippen molar-refractivity contribution in [3.63, 3.8) is 0 Å². The lowest BCUT2D eigenvalue weighted by atomic mass is 9.88. The molecule has 0 spiro atoms. The van der Waals surface area contributed by atoms with E-state index in [0.717, 1.165) is 23.3 Å². The Bertz CT molecular complexity index is 1350. The molecule has 1 aromatic carbocycles. The Hall–Kier alpha value is -2.76. The van der Waals surface area contributed by atoms with Crippen LogP contribution >= 0.6 is 22.9 Å². The van der Waals surface area contributed by atoms with Crippen LogP contribution in [0.5, 0.6) is 0 Å². The molecule has 0 radical (unpaired) electrons. The van der Waals surface area contributed by atoms with Gasteiger partial charge in [-0.25, -0.2) is 13.2 Å². The van der Waals surface area contributed by atoms with Gasteiger partial charge in [0.25, 0.3) is 0 Å². The van der Waals surface area contributed by atoms with E-state index in [4.69, 9.17) is 20.8 Å². The molecular formula is C22H22ClN3O6S2. The van der Waals surface area contributed by atoms with Crippen molar-refractivity contribution in [2.45, 2.75) is 38.3 Å². The first-order valence-corrected chi connectivity index (χ1v) is 13.5. The third-order valence-electron chi connectivity index (χ3n) is 5.31. The number of rotatable bonds is 7. The largest absolute Gasteiger partial charge is 0.462 e. The van der Waals surface area contributed by atoms with Gasteiger partial charge in [0.15, 0.2) is 0 Å². The summed E-state index contributed by atoms with van der Waals surface area (Å²) in [5.41, 5.74) is 1.62. The minimum atomic E-state index is -4.23. The average molecular weight is 524 g/mol. The van der Waals surface area contributed by atoms with Crippen molar-refractivity contribution in [2.75, 3.05) is 17.7 Å². The fraction of sp³-hybridized carbons (Fsp3) is 0.364. The summed E-state index contributed by atoms with van der Waals surface area (Å²) in [5.74, 6) is -1.86. The molecule has 0 saturated carbocycles. The highest BCUT2D eigenvalue weighted by Crippen LogP contribution is 2.40. The van der Waals surface area contributed by atoms with Gasteiger partial charge < -0.3 is 14.5 Å². The van der Waals surface area contributed by atoms with Crippen LogP contribution in [0.15, 0.2) is 33.9 Å². The Kier molecular flexibility index (Phi) is 7.06. The van der Waals surface area contributed by atoms with Crippen molar-refractivity contribution in [3.8, 4) is 11.5 Å². The van der Waals surface area contributed by atoms with Crippen molar-refractivity contribution >= 4 is 49.7 Å². The van der Waals surface area contributed by atoms with Gasteiger partial charge in [-0.1, -0.05) is 29.7 Å². The molecule has 2 heterocycles. The van der Waals surface area contributed by atoms with Crippen LogP contribution in [0.25, 0.3) is 11.5 Å². The molecule has 9 nitrogen and oxygen atoms in total. The summed E-state index contributed by atoms with van der Waals surface area (Å²) in [6.07, 6.45) is 2.41. The summed E-state index contributed by atoms with van der Waals surface area (Å²) in [4.78, 5) is 26.3. The van der Waals surface area contributed by atoms with Gasteiger partial charge in [-0.2, -0.15) is 0 Å². The van der Waals surface area contributed by atoms with E-state index >= 15 is 0 Å². The number of anilines is 1. The third kappa shape index (κ3) is 5.16. The Morgan fingerprint density at radius 1 is 1.32 bits per heavy atom. The van der Waals surface area contributed by atoms with Crippen LogP contribution in [0.2, 0.25) is 5.02 Å². The van der Waals surface area contributed by atoms with Gasteiger partial charge in [-0.15, -0.1) is 16.4 Å². The number of esters is 1. The third-order valence-corrected chi connectivity index (χ3v) is 8.05. The lowest BCUT2D eigenvalue weighted by molar-refractivity contribution is -0.113. The SMILES string of the molecule is CCOC(=O)c1c(NC(=O)CS(=O)(=O)c2nnc(-c3cccc(Cl)c3)o2)sc2c1CCC(C)C2. The lowest BCUT2D eigenvalue weighted by Gasteiger charge is -2.18. The summed E-state index contributed by atoms with van der Waals surface area (Å²) in [6.45, 7) is 4.01. The molecule has 1 N–H and O–H groups in total. The van der Waals surface area contributed by atoms with Crippen LogP contribution in [0, 0.1) is 5.92 Å². The predicted octanol–water partition coefficient (Wildman–Crippen LogP) is 4.17. The monoisotopic (exact) mass is 523 g/mol. The minimum absolute atomic E-state index is 0.0360. The maximum absolute atomic E-state index is 12.7. The molecule has 3 aromatic rings.